The molecule has 0 saturated carbocycles. The Morgan fingerprint density at radius 3 is 2.75 bits per heavy atom. The molecule has 0 aliphatic rings. The van der Waals surface area contributed by atoms with Crippen molar-refractivity contribution in [2.24, 2.45) is 0 Å². The van der Waals surface area contributed by atoms with Gasteiger partial charge in [-0.15, -0.1) is 0 Å². The Morgan fingerprint density at radius 2 is 2.12 bits per heavy atom. The van der Waals surface area contributed by atoms with Crippen LogP contribution in [-0.2, 0) is 0 Å². The lowest BCUT2D eigenvalue weighted by atomic mass is 10.3. The number of rotatable bonds is 2. The van der Waals surface area contributed by atoms with E-state index in [1.54, 1.807) is 12.1 Å². The third-order valence-corrected chi connectivity index (χ3v) is 2.69. The second-order valence-corrected chi connectivity index (χ2v) is 4.09. The zero-order chi connectivity index (χ0) is 11.5. The molecule has 5 N–H and O–H groups in total. The summed E-state index contributed by atoms with van der Waals surface area (Å²) in [4.78, 5) is 0.840. The molecule has 0 saturated heterocycles. The van der Waals surface area contributed by atoms with Gasteiger partial charge in [0.15, 0.2) is 11.5 Å². The molecular weight excluding hydrogens is 226 g/mol. The summed E-state index contributed by atoms with van der Waals surface area (Å²) in [7, 11) is 0. The highest BCUT2D eigenvalue weighted by atomic mass is 32.2. The maximum absolute atomic E-state index is 7.77. The number of anilines is 2. The van der Waals surface area contributed by atoms with E-state index in [-0.39, 0.29) is 16.6 Å². The van der Waals surface area contributed by atoms with Crippen LogP contribution in [0.3, 0.4) is 0 Å². The number of nitrogens with two attached hydrogens (primary N) is 2. The van der Waals surface area contributed by atoms with Gasteiger partial charge in [-0.3, -0.25) is 5.41 Å². The van der Waals surface area contributed by atoms with E-state index in [0.717, 1.165) is 4.90 Å². The van der Waals surface area contributed by atoms with Gasteiger partial charge in [-0.25, -0.2) is 4.63 Å². The second-order valence-electron chi connectivity index (χ2n) is 3.00. The molecule has 1 heterocycles. The first-order valence-corrected chi connectivity index (χ1v) is 5.19. The fraction of sp³-hybridized carbons (Fsp3) is 0. The number of benzene rings is 1. The van der Waals surface area contributed by atoms with Gasteiger partial charge >= 0.3 is 0 Å². The second kappa shape index (κ2) is 4.23. The Morgan fingerprint density at radius 1 is 1.31 bits per heavy atom. The summed E-state index contributed by atoms with van der Waals surface area (Å²) in [5, 5.41) is 14.9. The number of nitrogens with zero attached hydrogens (tertiary/aromatic N) is 2. The highest BCUT2D eigenvalue weighted by Gasteiger charge is 2.13. The van der Waals surface area contributed by atoms with Crippen molar-refractivity contribution in [2.75, 3.05) is 11.5 Å². The molecule has 2 aromatic rings. The van der Waals surface area contributed by atoms with Crippen molar-refractivity contribution in [1.29, 1.82) is 5.41 Å². The molecule has 0 atom stereocenters. The minimum absolute atomic E-state index is 0.112. The van der Waals surface area contributed by atoms with Crippen LogP contribution in [0.15, 0.2) is 33.8 Å². The van der Waals surface area contributed by atoms with E-state index < -0.39 is 0 Å². The first-order chi connectivity index (χ1) is 7.66. The van der Waals surface area contributed by atoms with Crippen LogP contribution in [0.4, 0.5) is 11.5 Å². The van der Waals surface area contributed by atoms with Gasteiger partial charge in [-0.2, -0.15) is 0 Å². The van der Waals surface area contributed by atoms with Gasteiger partial charge in [-0.1, -0.05) is 17.8 Å². The molecule has 0 unspecified atom stereocenters. The largest absolute Gasteiger partial charge is 0.399 e. The molecule has 1 aromatic carbocycles. The smallest absolute Gasteiger partial charge is 0.198 e. The summed E-state index contributed by atoms with van der Waals surface area (Å²) < 4.78 is 4.42. The molecule has 16 heavy (non-hydrogen) atoms. The van der Waals surface area contributed by atoms with Crippen LogP contribution in [0, 0.1) is 5.41 Å². The molecular formula is C9H9N5OS. The van der Waals surface area contributed by atoms with Gasteiger partial charge in [-0.05, 0) is 28.5 Å². The lowest BCUT2D eigenvalue weighted by molar-refractivity contribution is 0.308. The lowest BCUT2D eigenvalue weighted by Crippen LogP contribution is -1.99. The molecule has 82 valence electrons. The highest BCUT2D eigenvalue weighted by molar-refractivity contribution is 8.14. The molecule has 0 aliphatic heterocycles. The minimum Gasteiger partial charge on any atom is -0.399 e. The van der Waals surface area contributed by atoms with E-state index in [0.29, 0.717) is 5.69 Å². The summed E-state index contributed by atoms with van der Waals surface area (Å²) >= 11 is 1.19. The minimum atomic E-state index is 0.112. The fourth-order valence-electron chi connectivity index (χ4n) is 1.10. The van der Waals surface area contributed by atoms with Gasteiger partial charge in [0, 0.05) is 10.6 Å². The molecule has 0 aliphatic carbocycles. The van der Waals surface area contributed by atoms with Crippen molar-refractivity contribution in [3.8, 4) is 0 Å². The predicted octanol–water partition coefficient (Wildman–Crippen LogP) is 1.35. The van der Waals surface area contributed by atoms with Crippen molar-refractivity contribution in [3.05, 3.63) is 30.0 Å². The molecule has 0 amide bonds. The molecule has 7 heteroatoms. The van der Waals surface area contributed by atoms with Gasteiger partial charge in [0.2, 0.25) is 0 Å². The number of aromatic nitrogens is 2. The van der Waals surface area contributed by atoms with Crippen LogP contribution >= 0.6 is 11.8 Å². The molecule has 1 aromatic heterocycles. The summed E-state index contributed by atoms with van der Waals surface area (Å²) in [6.45, 7) is 0. The normalized spacial score (nSPS) is 10.2. The highest BCUT2D eigenvalue weighted by Crippen LogP contribution is 2.25. The Kier molecular flexibility index (Phi) is 2.78. The lowest BCUT2D eigenvalue weighted by Gasteiger charge is -2.01. The number of nitrogens with one attached hydrogen (secondary N) is 1. The number of hydrogen-bond acceptors (Lipinski definition) is 7. The zero-order valence-electron chi connectivity index (χ0n) is 8.18. The Hall–Kier alpha value is -2.02. The van der Waals surface area contributed by atoms with Crippen LogP contribution in [0.1, 0.15) is 5.69 Å². The maximum Gasteiger partial charge on any atom is 0.198 e. The van der Waals surface area contributed by atoms with Gasteiger partial charge in [0.05, 0.1) is 0 Å². The summed E-state index contributed by atoms with van der Waals surface area (Å²) in [5.41, 5.74) is 12.0. The van der Waals surface area contributed by atoms with E-state index in [9.17, 15) is 0 Å². The Labute approximate surface area is 95.5 Å². The Balaban J connectivity index is 2.17. The topological polar surface area (TPSA) is 115 Å². The van der Waals surface area contributed by atoms with Crippen LogP contribution in [0.5, 0.6) is 0 Å². The zero-order valence-corrected chi connectivity index (χ0v) is 8.99. The van der Waals surface area contributed by atoms with Crippen molar-refractivity contribution >= 4 is 28.3 Å². The van der Waals surface area contributed by atoms with Gasteiger partial charge in [0.25, 0.3) is 0 Å². The van der Waals surface area contributed by atoms with Crippen LogP contribution < -0.4 is 11.5 Å². The average Bonchev–Trinajstić information content (AvgIpc) is 2.64. The monoisotopic (exact) mass is 235 g/mol. The van der Waals surface area contributed by atoms with Crippen molar-refractivity contribution < 1.29 is 4.63 Å². The average molecular weight is 235 g/mol. The number of hydrogen-bond donors (Lipinski definition) is 3. The third-order valence-electron chi connectivity index (χ3n) is 1.81. The van der Waals surface area contributed by atoms with E-state index >= 15 is 0 Å². The van der Waals surface area contributed by atoms with Gasteiger partial charge in [0.1, 0.15) is 5.04 Å². The van der Waals surface area contributed by atoms with E-state index in [4.69, 9.17) is 16.9 Å². The first kappa shape index (κ1) is 10.5. The van der Waals surface area contributed by atoms with Crippen LogP contribution in [0.25, 0.3) is 0 Å². The van der Waals surface area contributed by atoms with Crippen LogP contribution in [0.2, 0.25) is 0 Å². The van der Waals surface area contributed by atoms with Gasteiger partial charge < -0.3 is 11.5 Å². The SMILES string of the molecule is N=C(Sc1cccc(N)c1)c1nonc1N. The Bertz CT molecular complexity index is 524. The summed E-state index contributed by atoms with van der Waals surface area (Å²) in [6, 6.07) is 7.21. The summed E-state index contributed by atoms with van der Waals surface area (Å²) in [5.74, 6) is 0.112. The quantitative estimate of drug-likeness (QED) is 0.313. The molecule has 2 rings (SSSR count). The number of nitrogen functional groups attached to an aromatic ring is 2. The fourth-order valence-corrected chi connectivity index (χ4v) is 1.91. The predicted molar refractivity (Wildman–Crippen MR) is 62.3 cm³/mol. The van der Waals surface area contributed by atoms with Crippen molar-refractivity contribution in [1.82, 2.24) is 10.3 Å². The van der Waals surface area contributed by atoms with E-state index in [2.05, 4.69) is 14.9 Å². The molecule has 0 spiro atoms. The first-order valence-electron chi connectivity index (χ1n) is 4.37. The maximum atomic E-state index is 7.77. The molecule has 0 radical (unpaired) electrons. The van der Waals surface area contributed by atoms with E-state index in [1.165, 1.54) is 11.8 Å². The van der Waals surface area contributed by atoms with Crippen LogP contribution in [-0.4, -0.2) is 15.4 Å². The third kappa shape index (κ3) is 2.14. The molecule has 0 bridgehead atoms. The van der Waals surface area contributed by atoms with Crippen molar-refractivity contribution in [2.45, 2.75) is 4.90 Å². The standard InChI is InChI=1S/C9H9N5OS/c10-5-2-1-3-6(4-5)16-9(12)7-8(11)14-15-13-7/h1-4,12H,10H2,(H2,11,14). The van der Waals surface area contributed by atoms with Crippen molar-refractivity contribution in [3.63, 3.8) is 0 Å². The summed E-state index contributed by atoms with van der Waals surface area (Å²) in [6.07, 6.45) is 0. The number of thioether (sulfide) groups is 1. The molecule has 6 nitrogen and oxygen atoms in total. The molecule has 0 fully saturated rings. The van der Waals surface area contributed by atoms with E-state index in [1.807, 2.05) is 12.1 Å².